The molecule has 0 aromatic carbocycles. The normalized spacial score (nSPS) is 19.9. The molecular weight excluding hydrogens is 216 g/mol. The van der Waals surface area contributed by atoms with Gasteiger partial charge in [-0.2, -0.15) is 0 Å². The fourth-order valence-corrected chi connectivity index (χ4v) is 2.15. The van der Waals surface area contributed by atoms with Crippen LogP contribution in [0.1, 0.15) is 25.3 Å². The molecule has 0 saturated carbocycles. The van der Waals surface area contributed by atoms with Crippen LogP contribution in [0.3, 0.4) is 0 Å². The number of nitrogens with one attached hydrogen (secondary N) is 1. The highest BCUT2D eigenvalue weighted by Gasteiger charge is 2.25. The van der Waals surface area contributed by atoms with Gasteiger partial charge in [-0.3, -0.25) is 0 Å². The Hall–Kier alpha value is -1.20. The summed E-state index contributed by atoms with van der Waals surface area (Å²) in [5, 5.41) is 12.5. The van der Waals surface area contributed by atoms with Crippen LogP contribution in [0, 0.1) is 0 Å². The number of aromatic nitrogens is 2. The third kappa shape index (κ3) is 2.92. The molecule has 0 radical (unpaired) electrons. The quantitative estimate of drug-likeness (QED) is 0.781. The van der Waals surface area contributed by atoms with Crippen molar-refractivity contribution in [1.82, 2.24) is 15.3 Å². The number of rotatable bonds is 5. The number of aliphatic hydroxyl groups is 1. The van der Waals surface area contributed by atoms with Crippen LogP contribution < -0.4 is 10.2 Å². The molecule has 2 N–H and O–H groups in total. The van der Waals surface area contributed by atoms with E-state index in [2.05, 4.69) is 27.1 Å². The lowest BCUT2D eigenvalue weighted by molar-refractivity contribution is 0.265. The fraction of sp³-hybridized carbons (Fsp3) is 0.667. The highest BCUT2D eigenvalue weighted by atomic mass is 16.3. The molecule has 17 heavy (non-hydrogen) atoms. The Morgan fingerprint density at radius 3 is 2.88 bits per heavy atom. The first-order valence-electron chi connectivity index (χ1n) is 6.24. The van der Waals surface area contributed by atoms with E-state index in [1.54, 1.807) is 0 Å². The van der Waals surface area contributed by atoms with Crippen LogP contribution in [0.25, 0.3) is 0 Å². The van der Waals surface area contributed by atoms with Crippen molar-refractivity contribution in [1.29, 1.82) is 0 Å². The summed E-state index contributed by atoms with van der Waals surface area (Å²) in [5.74, 6) is 0.738. The van der Waals surface area contributed by atoms with Gasteiger partial charge in [-0.1, -0.05) is 6.92 Å². The van der Waals surface area contributed by atoms with E-state index in [1.165, 1.54) is 0 Å². The Kier molecular flexibility index (Phi) is 4.28. The summed E-state index contributed by atoms with van der Waals surface area (Å²) in [5.41, 5.74) is 1.09. The molecule has 2 rings (SSSR count). The number of nitrogens with zero attached hydrogens (tertiary/aromatic N) is 3. The van der Waals surface area contributed by atoms with Gasteiger partial charge < -0.3 is 15.3 Å². The molecule has 1 aromatic rings. The van der Waals surface area contributed by atoms with Crippen LogP contribution >= 0.6 is 0 Å². The minimum atomic E-state index is 0.183. The molecule has 1 aliphatic rings. The van der Waals surface area contributed by atoms with Crippen molar-refractivity contribution in [3.63, 3.8) is 0 Å². The molecule has 0 amide bonds. The second-order valence-corrected chi connectivity index (χ2v) is 4.34. The van der Waals surface area contributed by atoms with Gasteiger partial charge in [0.2, 0.25) is 5.95 Å². The molecule has 1 aromatic heterocycles. The lowest BCUT2D eigenvalue weighted by Crippen LogP contribution is -2.33. The summed E-state index contributed by atoms with van der Waals surface area (Å²) in [7, 11) is 0. The lowest BCUT2D eigenvalue weighted by atomic mass is 10.2. The van der Waals surface area contributed by atoms with Gasteiger partial charge in [0, 0.05) is 31.0 Å². The van der Waals surface area contributed by atoms with Crippen molar-refractivity contribution in [2.24, 2.45) is 0 Å². The van der Waals surface area contributed by atoms with E-state index in [9.17, 15) is 5.11 Å². The SMILES string of the molecule is CCNCc1cnc(N2CCCC2CO)nc1. The van der Waals surface area contributed by atoms with E-state index in [4.69, 9.17) is 0 Å². The number of anilines is 1. The zero-order chi connectivity index (χ0) is 12.1. The maximum absolute atomic E-state index is 9.26. The first kappa shape index (κ1) is 12.3. The molecule has 0 bridgehead atoms. The molecule has 0 aliphatic carbocycles. The molecule has 94 valence electrons. The molecule has 5 heteroatoms. The van der Waals surface area contributed by atoms with Crippen molar-refractivity contribution in [3.05, 3.63) is 18.0 Å². The molecule has 5 nitrogen and oxygen atoms in total. The number of aliphatic hydroxyl groups excluding tert-OH is 1. The van der Waals surface area contributed by atoms with Gasteiger partial charge >= 0.3 is 0 Å². The molecule has 0 spiro atoms. The Labute approximate surface area is 102 Å². The Morgan fingerprint density at radius 2 is 2.24 bits per heavy atom. The monoisotopic (exact) mass is 236 g/mol. The predicted octanol–water partition coefficient (Wildman–Crippen LogP) is 0.547. The summed E-state index contributed by atoms with van der Waals surface area (Å²) in [6, 6.07) is 0.189. The zero-order valence-electron chi connectivity index (χ0n) is 10.3. The lowest BCUT2D eigenvalue weighted by Gasteiger charge is -2.22. The topological polar surface area (TPSA) is 61.3 Å². The molecule has 1 fully saturated rings. The highest BCUT2D eigenvalue weighted by Crippen LogP contribution is 2.21. The molecule has 1 aliphatic heterocycles. The van der Waals surface area contributed by atoms with Gasteiger partial charge in [-0.15, -0.1) is 0 Å². The standard InChI is InChI=1S/C12H20N4O/c1-2-13-6-10-7-14-12(15-8-10)16-5-3-4-11(16)9-17/h7-8,11,13,17H,2-6,9H2,1H3. The molecular formula is C12H20N4O. The van der Waals surface area contributed by atoms with Gasteiger partial charge in [-0.25, -0.2) is 9.97 Å². The van der Waals surface area contributed by atoms with Crippen LogP contribution in [0.5, 0.6) is 0 Å². The average molecular weight is 236 g/mol. The smallest absolute Gasteiger partial charge is 0.225 e. The molecule has 1 atom stereocenters. The average Bonchev–Trinajstić information content (AvgIpc) is 2.85. The molecule has 1 saturated heterocycles. The van der Waals surface area contributed by atoms with Crippen LogP contribution in [0.2, 0.25) is 0 Å². The van der Waals surface area contributed by atoms with E-state index >= 15 is 0 Å². The minimum absolute atomic E-state index is 0.183. The van der Waals surface area contributed by atoms with E-state index in [1.807, 2.05) is 12.4 Å². The van der Waals surface area contributed by atoms with Crippen molar-refractivity contribution < 1.29 is 5.11 Å². The van der Waals surface area contributed by atoms with Gasteiger partial charge in [0.25, 0.3) is 0 Å². The first-order chi connectivity index (χ1) is 8.35. The van der Waals surface area contributed by atoms with Crippen LogP contribution in [0.4, 0.5) is 5.95 Å². The van der Waals surface area contributed by atoms with Crippen molar-refractivity contribution >= 4 is 5.95 Å². The minimum Gasteiger partial charge on any atom is -0.394 e. The van der Waals surface area contributed by atoms with E-state index in [0.717, 1.165) is 44.0 Å². The van der Waals surface area contributed by atoms with E-state index in [-0.39, 0.29) is 12.6 Å². The largest absolute Gasteiger partial charge is 0.394 e. The number of hydrogen-bond donors (Lipinski definition) is 2. The van der Waals surface area contributed by atoms with Crippen molar-refractivity contribution in [2.45, 2.75) is 32.4 Å². The predicted molar refractivity (Wildman–Crippen MR) is 66.9 cm³/mol. The van der Waals surface area contributed by atoms with Gasteiger partial charge in [0.15, 0.2) is 0 Å². The van der Waals surface area contributed by atoms with Gasteiger partial charge in [0.1, 0.15) is 0 Å². The van der Waals surface area contributed by atoms with Crippen molar-refractivity contribution in [2.75, 3.05) is 24.6 Å². The van der Waals surface area contributed by atoms with Crippen LogP contribution in [0.15, 0.2) is 12.4 Å². The van der Waals surface area contributed by atoms with Crippen molar-refractivity contribution in [3.8, 4) is 0 Å². The zero-order valence-corrected chi connectivity index (χ0v) is 10.3. The fourth-order valence-electron chi connectivity index (χ4n) is 2.15. The second-order valence-electron chi connectivity index (χ2n) is 4.34. The molecule has 1 unspecified atom stereocenters. The number of hydrogen-bond acceptors (Lipinski definition) is 5. The third-order valence-electron chi connectivity index (χ3n) is 3.12. The summed E-state index contributed by atoms with van der Waals surface area (Å²) in [6.07, 6.45) is 5.85. The van der Waals surface area contributed by atoms with Crippen LogP contribution in [-0.4, -0.2) is 40.8 Å². The third-order valence-corrected chi connectivity index (χ3v) is 3.12. The Balaban J connectivity index is 2.01. The summed E-state index contributed by atoms with van der Waals surface area (Å²) in [4.78, 5) is 10.8. The second kappa shape index (κ2) is 5.93. The van der Waals surface area contributed by atoms with E-state index in [0.29, 0.717) is 0 Å². The van der Waals surface area contributed by atoms with E-state index < -0.39 is 0 Å². The summed E-state index contributed by atoms with van der Waals surface area (Å²) < 4.78 is 0. The maximum atomic E-state index is 9.26. The summed E-state index contributed by atoms with van der Waals surface area (Å²) in [6.45, 7) is 4.95. The maximum Gasteiger partial charge on any atom is 0.225 e. The first-order valence-corrected chi connectivity index (χ1v) is 6.24. The molecule has 2 heterocycles. The summed E-state index contributed by atoms with van der Waals surface area (Å²) >= 11 is 0. The Morgan fingerprint density at radius 1 is 1.47 bits per heavy atom. The Bertz CT molecular complexity index is 341. The van der Waals surface area contributed by atoms with Gasteiger partial charge in [-0.05, 0) is 19.4 Å². The van der Waals surface area contributed by atoms with Gasteiger partial charge in [0.05, 0.1) is 12.6 Å². The highest BCUT2D eigenvalue weighted by molar-refractivity contribution is 5.33. The van der Waals surface area contributed by atoms with Crippen LogP contribution in [-0.2, 0) is 6.54 Å².